The number of nitrogens with one attached hydrogen (secondary N) is 1. The Morgan fingerprint density at radius 2 is 1.78 bits per heavy atom. The maximum atomic E-state index is 11.7. The number of rotatable bonds is 5. The predicted molar refractivity (Wildman–Crippen MR) is 132 cm³/mol. The summed E-state index contributed by atoms with van der Waals surface area (Å²) < 4.78 is 10.4. The van der Waals surface area contributed by atoms with Gasteiger partial charge in [-0.15, -0.1) is 11.3 Å². The lowest BCUT2D eigenvalue weighted by molar-refractivity contribution is 0.125. The lowest BCUT2D eigenvalue weighted by Crippen LogP contribution is -2.17. The van der Waals surface area contributed by atoms with Gasteiger partial charge in [-0.3, -0.25) is 5.32 Å². The molecule has 2 amide bonds. The molecule has 0 bridgehead atoms. The third-order valence-corrected chi connectivity index (χ3v) is 6.50. The fourth-order valence-electron chi connectivity index (χ4n) is 3.34. The summed E-state index contributed by atoms with van der Waals surface area (Å²) in [7, 11) is 0. The van der Waals surface area contributed by atoms with Crippen molar-refractivity contribution in [2.45, 2.75) is 77.9 Å². The molecule has 0 radical (unpaired) electrons. The summed E-state index contributed by atoms with van der Waals surface area (Å²) in [5, 5.41) is 4.00. The van der Waals surface area contributed by atoms with Crippen molar-refractivity contribution in [3.8, 4) is 10.4 Å². The number of benzene rings is 1. The number of nitrogens with two attached hydrogens (primary N) is 1. The Balaban J connectivity index is 0.000000451. The number of hydrogen-bond donors (Lipinski definition) is 2. The number of amides is 2. The summed E-state index contributed by atoms with van der Waals surface area (Å²) in [6.45, 7) is 7.13. The van der Waals surface area contributed by atoms with Gasteiger partial charge in [0.15, 0.2) is 0 Å². The first kappa shape index (κ1) is 26.1. The minimum absolute atomic E-state index is 0.0995. The number of hydrogen-bond acceptors (Lipinski definition) is 6. The van der Waals surface area contributed by atoms with Gasteiger partial charge < -0.3 is 15.2 Å². The minimum Gasteiger partial charge on any atom is -0.447 e. The maximum absolute atomic E-state index is 11.7. The maximum Gasteiger partial charge on any atom is 0.411 e. The molecular weight excluding hydrogens is 494 g/mol. The summed E-state index contributed by atoms with van der Waals surface area (Å²) in [5.74, 6) is 0.623. The van der Waals surface area contributed by atoms with E-state index in [4.69, 9.17) is 4.74 Å². The summed E-state index contributed by atoms with van der Waals surface area (Å²) in [6.07, 6.45) is 7.08. The van der Waals surface area contributed by atoms with E-state index in [1.165, 1.54) is 37.1 Å². The van der Waals surface area contributed by atoms with Crippen molar-refractivity contribution in [3.05, 3.63) is 33.9 Å². The average Bonchev–Trinajstić information content (AvgIpc) is 3.17. The van der Waals surface area contributed by atoms with E-state index in [2.05, 4.69) is 36.7 Å². The van der Waals surface area contributed by atoms with Crippen molar-refractivity contribution >= 4 is 45.1 Å². The number of primary amides is 1. The smallest absolute Gasteiger partial charge is 0.411 e. The first-order chi connectivity index (χ1) is 15.2. The number of halogens is 1. The van der Waals surface area contributed by atoms with E-state index in [0.717, 1.165) is 14.9 Å². The molecule has 1 aromatic heterocycles. The average molecular weight is 526 g/mol. The molecule has 7 nitrogen and oxygen atoms in total. The molecule has 0 saturated heterocycles. The third kappa shape index (κ3) is 8.78. The normalized spacial score (nSPS) is 14.0. The highest BCUT2D eigenvalue weighted by molar-refractivity contribution is 9.10. The van der Waals surface area contributed by atoms with E-state index < -0.39 is 12.2 Å². The van der Waals surface area contributed by atoms with Crippen LogP contribution in [-0.2, 0) is 9.47 Å². The van der Waals surface area contributed by atoms with Crippen LogP contribution in [0.1, 0.15) is 70.7 Å². The molecule has 2 aromatic rings. The second-order valence-corrected chi connectivity index (χ2v) is 10.1. The number of nitrogens with zero attached hydrogens (tertiary/aromatic N) is 1. The Hall–Kier alpha value is -2.13. The highest BCUT2D eigenvalue weighted by Crippen LogP contribution is 2.39. The number of carbonyl (C=O) groups is 2. The topological polar surface area (TPSA) is 104 Å². The zero-order chi connectivity index (χ0) is 23.7. The van der Waals surface area contributed by atoms with Crippen molar-refractivity contribution in [2.24, 2.45) is 5.73 Å². The van der Waals surface area contributed by atoms with Crippen LogP contribution in [-0.4, -0.2) is 29.4 Å². The standard InChI is InChI=1S/C19H23BrN2O2S.C4H9NO2/c1-12(2)24-19(23)22-14-8-9-15(16(20)10-14)17-11-21-18(25-17)13-6-4-3-5-7-13;1-3(2)7-4(5)6/h8-13H,3-7H2,1-2H3,(H,22,23);3H,1-2H3,(H2,5,6). The van der Waals surface area contributed by atoms with E-state index in [1.807, 2.05) is 38.2 Å². The van der Waals surface area contributed by atoms with Crippen LogP contribution in [0, 0.1) is 0 Å². The Kier molecular flexibility index (Phi) is 10.4. The fourth-order valence-corrected chi connectivity index (χ4v) is 5.19. The van der Waals surface area contributed by atoms with Crippen LogP contribution < -0.4 is 11.1 Å². The SMILES string of the molecule is CC(C)OC(=O)Nc1ccc(-c2cnc(C3CCCCC3)s2)c(Br)c1.CC(C)OC(N)=O. The van der Waals surface area contributed by atoms with Crippen molar-refractivity contribution in [2.75, 3.05) is 5.32 Å². The van der Waals surface area contributed by atoms with Crippen LogP contribution >= 0.6 is 27.3 Å². The third-order valence-electron chi connectivity index (χ3n) is 4.65. The van der Waals surface area contributed by atoms with Gasteiger partial charge in [-0.05, 0) is 52.7 Å². The van der Waals surface area contributed by atoms with Crippen LogP contribution in [0.15, 0.2) is 28.9 Å². The van der Waals surface area contributed by atoms with Crippen LogP contribution in [0.5, 0.6) is 0 Å². The molecular formula is C23H32BrN3O4S. The number of thiazole rings is 1. The molecule has 3 rings (SSSR count). The molecule has 0 spiro atoms. The molecule has 9 heteroatoms. The Morgan fingerprint density at radius 3 is 2.31 bits per heavy atom. The van der Waals surface area contributed by atoms with E-state index >= 15 is 0 Å². The highest BCUT2D eigenvalue weighted by atomic mass is 79.9. The molecule has 176 valence electrons. The van der Waals surface area contributed by atoms with Crippen LogP contribution in [0.25, 0.3) is 10.4 Å². The summed E-state index contributed by atoms with van der Waals surface area (Å²) in [6, 6.07) is 5.80. The minimum atomic E-state index is -0.713. The largest absolute Gasteiger partial charge is 0.447 e. The van der Waals surface area contributed by atoms with Gasteiger partial charge >= 0.3 is 12.2 Å². The second kappa shape index (κ2) is 12.8. The van der Waals surface area contributed by atoms with Crippen LogP contribution in [0.4, 0.5) is 15.3 Å². The van der Waals surface area contributed by atoms with Crippen molar-refractivity contribution in [1.82, 2.24) is 4.98 Å². The van der Waals surface area contributed by atoms with Gasteiger partial charge in [0.2, 0.25) is 0 Å². The molecule has 1 aromatic carbocycles. The monoisotopic (exact) mass is 525 g/mol. The Morgan fingerprint density at radius 1 is 1.12 bits per heavy atom. The van der Waals surface area contributed by atoms with Gasteiger partial charge in [0.1, 0.15) is 0 Å². The molecule has 0 aliphatic heterocycles. The highest BCUT2D eigenvalue weighted by Gasteiger charge is 2.19. The van der Waals surface area contributed by atoms with Crippen LogP contribution in [0.2, 0.25) is 0 Å². The van der Waals surface area contributed by atoms with E-state index in [0.29, 0.717) is 11.6 Å². The molecule has 0 atom stereocenters. The van der Waals surface area contributed by atoms with Gasteiger partial charge in [0, 0.05) is 27.8 Å². The molecule has 3 N–H and O–H groups in total. The lowest BCUT2D eigenvalue weighted by Gasteiger charge is -2.18. The first-order valence-corrected chi connectivity index (χ1v) is 12.5. The van der Waals surface area contributed by atoms with E-state index in [9.17, 15) is 9.59 Å². The summed E-state index contributed by atoms with van der Waals surface area (Å²) >= 11 is 5.40. The first-order valence-electron chi connectivity index (χ1n) is 10.8. The van der Waals surface area contributed by atoms with Gasteiger partial charge in [-0.1, -0.05) is 41.3 Å². The van der Waals surface area contributed by atoms with Crippen molar-refractivity contribution in [3.63, 3.8) is 0 Å². The van der Waals surface area contributed by atoms with Crippen molar-refractivity contribution in [1.29, 1.82) is 0 Å². The van der Waals surface area contributed by atoms with Gasteiger partial charge in [-0.25, -0.2) is 14.6 Å². The fraction of sp³-hybridized carbons (Fsp3) is 0.522. The number of carbonyl (C=O) groups excluding carboxylic acids is 2. The zero-order valence-corrected chi connectivity index (χ0v) is 21.4. The van der Waals surface area contributed by atoms with E-state index in [1.54, 1.807) is 25.2 Å². The van der Waals surface area contributed by atoms with E-state index in [-0.39, 0.29) is 12.2 Å². The number of aromatic nitrogens is 1. The molecule has 1 saturated carbocycles. The molecule has 1 fully saturated rings. The predicted octanol–water partition coefficient (Wildman–Crippen LogP) is 7.07. The van der Waals surface area contributed by atoms with Crippen molar-refractivity contribution < 1.29 is 19.1 Å². The van der Waals surface area contributed by atoms with Gasteiger partial charge in [0.05, 0.1) is 22.1 Å². The number of anilines is 1. The lowest BCUT2D eigenvalue weighted by atomic mass is 9.90. The molecule has 0 unspecified atom stereocenters. The Bertz CT molecular complexity index is 895. The molecule has 32 heavy (non-hydrogen) atoms. The molecule has 1 heterocycles. The molecule has 1 aliphatic carbocycles. The zero-order valence-electron chi connectivity index (χ0n) is 19.0. The Labute approximate surface area is 202 Å². The second-order valence-electron chi connectivity index (χ2n) is 8.16. The van der Waals surface area contributed by atoms with Gasteiger partial charge in [-0.2, -0.15) is 0 Å². The summed E-state index contributed by atoms with van der Waals surface area (Å²) in [5.41, 5.74) is 6.44. The number of ether oxygens (including phenoxy) is 2. The van der Waals surface area contributed by atoms with Crippen LogP contribution in [0.3, 0.4) is 0 Å². The quantitative estimate of drug-likeness (QED) is 0.434. The summed E-state index contributed by atoms with van der Waals surface area (Å²) in [4.78, 5) is 27.3. The molecule has 1 aliphatic rings. The van der Waals surface area contributed by atoms with Gasteiger partial charge in [0.25, 0.3) is 0 Å².